The van der Waals surface area contributed by atoms with Crippen LogP contribution in [0.5, 0.6) is 5.88 Å². The molecule has 2 aromatic heterocycles. The molecule has 34 heavy (non-hydrogen) atoms. The molecule has 174 valence electrons. The Balaban J connectivity index is 1.62. The van der Waals surface area contributed by atoms with Crippen LogP contribution >= 0.6 is 11.7 Å². The van der Waals surface area contributed by atoms with Crippen molar-refractivity contribution in [2.75, 3.05) is 45.1 Å². The molecule has 1 aliphatic carbocycles. The van der Waals surface area contributed by atoms with Gasteiger partial charge in [0.25, 0.3) is 5.88 Å². The fraction of sp³-hybridized carbons (Fsp3) is 0.269. The molecular weight excluding hydrogens is 444 g/mol. The monoisotopic (exact) mass is 472 g/mol. The number of ether oxygens (including phenoxy) is 1. The molecule has 0 aliphatic heterocycles. The largest absolute Gasteiger partial charge is 0.479 e. The van der Waals surface area contributed by atoms with Gasteiger partial charge in [-0.15, -0.1) is 4.37 Å². The number of H-pyrrole nitrogens is 1. The van der Waals surface area contributed by atoms with E-state index in [1.165, 1.54) is 22.5 Å². The van der Waals surface area contributed by atoms with Crippen molar-refractivity contribution in [2.45, 2.75) is 11.8 Å². The molecule has 1 N–H and O–H groups in total. The topological polar surface area (TPSA) is 70.2 Å². The van der Waals surface area contributed by atoms with E-state index in [1.807, 2.05) is 0 Å². The summed E-state index contributed by atoms with van der Waals surface area (Å²) in [5, 5.41) is 7.89. The van der Waals surface area contributed by atoms with Crippen LogP contribution in [0, 0.1) is 0 Å². The molecule has 0 bridgehead atoms. The number of nitrogens with zero attached hydrogens (tertiary/aromatic N) is 5. The second kappa shape index (κ2) is 8.61. The van der Waals surface area contributed by atoms with Crippen LogP contribution in [0.3, 0.4) is 0 Å². The predicted octanol–water partition coefficient (Wildman–Crippen LogP) is 4.62. The van der Waals surface area contributed by atoms with Gasteiger partial charge in [0.2, 0.25) is 0 Å². The first-order valence-corrected chi connectivity index (χ1v) is 11.8. The molecular formula is C26H28N6OS. The molecule has 2 aromatic carbocycles. The van der Waals surface area contributed by atoms with Gasteiger partial charge >= 0.3 is 0 Å². The van der Waals surface area contributed by atoms with Gasteiger partial charge in [-0.25, -0.2) is 0 Å². The van der Waals surface area contributed by atoms with Crippen LogP contribution in [0.4, 0.5) is 11.4 Å². The summed E-state index contributed by atoms with van der Waals surface area (Å²) < 4.78 is 14.0. The lowest BCUT2D eigenvalue weighted by Crippen LogP contribution is -2.30. The van der Waals surface area contributed by atoms with E-state index >= 15 is 0 Å². The van der Waals surface area contributed by atoms with Gasteiger partial charge in [-0.05, 0) is 35.4 Å². The van der Waals surface area contributed by atoms with Gasteiger partial charge in [0.15, 0.2) is 5.69 Å². The van der Waals surface area contributed by atoms with Crippen LogP contribution in [0.1, 0.15) is 22.4 Å². The number of nitrogens with one attached hydrogen (secondary N) is 1. The molecule has 5 rings (SSSR count). The molecule has 8 heteroatoms. The molecule has 0 saturated carbocycles. The van der Waals surface area contributed by atoms with Crippen molar-refractivity contribution < 1.29 is 4.74 Å². The van der Waals surface area contributed by atoms with Crippen molar-refractivity contribution in [3.8, 4) is 17.3 Å². The Hall–Kier alpha value is -3.65. The van der Waals surface area contributed by atoms with Crippen LogP contribution in [0.25, 0.3) is 17.5 Å². The van der Waals surface area contributed by atoms with Gasteiger partial charge < -0.3 is 14.5 Å². The SMILES string of the molecule is COc1nsnc1-c1n[nH]c2c1C=CC(c1ccc(N(C)C)cc1)(c1ccc(N(C)C)cc1)C2. The molecule has 0 amide bonds. The number of aromatic nitrogens is 4. The Morgan fingerprint density at radius 3 is 1.97 bits per heavy atom. The van der Waals surface area contributed by atoms with E-state index in [0.29, 0.717) is 11.6 Å². The lowest BCUT2D eigenvalue weighted by molar-refractivity contribution is 0.403. The highest BCUT2D eigenvalue weighted by molar-refractivity contribution is 6.99. The van der Waals surface area contributed by atoms with Gasteiger partial charge in [0.1, 0.15) is 5.69 Å². The van der Waals surface area contributed by atoms with E-state index in [9.17, 15) is 0 Å². The maximum absolute atomic E-state index is 5.39. The molecule has 0 unspecified atom stereocenters. The molecule has 4 aromatic rings. The zero-order valence-corrected chi connectivity index (χ0v) is 20.8. The summed E-state index contributed by atoms with van der Waals surface area (Å²) in [4.78, 5) is 4.24. The van der Waals surface area contributed by atoms with Gasteiger partial charge in [-0.3, -0.25) is 5.10 Å². The highest BCUT2D eigenvalue weighted by Gasteiger charge is 2.37. The second-order valence-electron chi connectivity index (χ2n) is 8.95. The van der Waals surface area contributed by atoms with Gasteiger partial charge in [-0.2, -0.15) is 9.47 Å². The summed E-state index contributed by atoms with van der Waals surface area (Å²) in [5.41, 5.74) is 8.06. The molecule has 0 atom stereocenters. The summed E-state index contributed by atoms with van der Waals surface area (Å²) in [6.45, 7) is 0. The number of anilines is 2. The number of fused-ring (bicyclic) bond motifs is 1. The normalized spacial score (nSPS) is 14.0. The highest BCUT2D eigenvalue weighted by atomic mass is 32.1. The maximum atomic E-state index is 5.39. The average Bonchev–Trinajstić information content (AvgIpc) is 3.50. The minimum atomic E-state index is -0.323. The zero-order valence-electron chi connectivity index (χ0n) is 20.0. The third-order valence-electron chi connectivity index (χ3n) is 6.55. The highest BCUT2D eigenvalue weighted by Crippen LogP contribution is 2.44. The first-order chi connectivity index (χ1) is 16.4. The summed E-state index contributed by atoms with van der Waals surface area (Å²) in [6.07, 6.45) is 5.22. The van der Waals surface area contributed by atoms with Gasteiger partial charge in [-0.1, -0.05) is 36.4 Å². The Morgan fingerprint density at radius 2 is 1.44 bits per heavy atom. The second-order valence-corrected chi connectivity index (χ2v) is 9.48. The van der Waals surface area contributed by atoms with Crippen LogP contribution in [-0.2, 0) is 11.8 Å². The number of rotatable bonds is 6. The van der Waals surface area contributed by atoms with Crippen molar-refractivity contribution in [1.29, 1.82) is 0 Å². The van der Waals surface area contributed by atoms with Crippen LogP contribution in [-0.4, -0.2) is 54.2 Å². The first-order valence-electron chi connectivity index (χ1n) is 11.1. The van der Waals surface area contributed by atoms with E-state index in [4.69, 9.17) is 4.74 Å². The zero-order chi connectivity index (χ0) is 23.9. The van der Waals surface area contributed by atoms with Crippen LogP contribution in [0.15, 0.2) is 54.6 Å². The van der Waals surface area contributed by atoms with Crippen molar-refractivity contribution in [1.82, 2.24) is 18.9 Å². The fourth-order valence-corrected chi connectivity index (χ4v) is 5.10. The summed E-state index contributed by atoms with van der Waals surface area (Å²) in [5.74, 6) is 0.503. The van der Waals surface area contributed by atoms with Crippen molar-refractivity contribution in [3.63, 3.8) is 0 Å². The quantitative estimate of drug-likeness (QED) is 0.441. The van der Waals surface area contributed by atoms with E-state index < -0.39 is 0 Å². The smallest absolute Gasteiger partial charge is 0.255 e. The molecule has 1 aliphatic rings. The Kier molecular flexibility index (Phi) is 5.61. The van der Waals surface area contributed by atoms with Gasteiger partial charge in [0.05, 0.1) is 18.8 Å². The third-order valence-corrected chi connectivity index (χ3v) is 7.06. The number of hydrogen-bond acceptors (Lipinski definition) is 7. The molecule has 2 heterocycles. The maximum Gasteiger partial charge on any atom is 0.255 e. The molecule has 7 nitrogen and oxygen atoms in total. The lowest BCUT2D eigenvalue weighted by atomic mass is 9.68. The summed E-state index contributed by atoms with van der Waals surface area (Å²) in [6, 6.07) is 17.6. The first kappa shape index (κ1) is 22.2. The third kappa shape index (κ3) is 3.64. The number of benzene rings is 2. The summed E-state index contributed by atoms with van der Waals surface area (Å²) >= 11 is 1.13. The molecule has 0 fully saturated rings. The van der Waals surface area contributed by atoms with Gasteiger partial charge in [0, 0.05) is 62.7 Å². The average molecular weight is 473 g/mol. The number of methoxy groups -OCH3 is 1. The molecule has 0 radical (unpaired) electrons. The number of hydrogen-bond donors (Lipinski definition) is 1. The van der Waals surface area contributed by atoms with Crippen molar-refractivity contribution in [3.05, 3.63) is 77.0 Å². The number of aromatic amines is 1. The van der Waals surface area contributed by atoms with E-state index in [0.717, 1.165) is 35.1 Å². The van der Waals surface area contributed by atoms with E-state index in [-0.39, 0.29) is 5.41 Å². The van der Waals surface area contributed by atoms with Crippen LogP contribution < -0.4 is 14.5 Å². The van der Waals surface area contributed by atoms with Crippen LogP contribution in [0.2, 0.25) is 0 Å². The molecule has 0 saturated heterocycles. The number of allylic oxidation sites excluding steroid dienone is 1. The minimum absolute atomic E-state index is 0.323. The Labute approximate surface area is 204 Å². The van der Waals surface area contributed by atoms with E-state index in [2.05, 4.69) is 118 Å². The Morgan fingerprint density at radius 1 is 0.853 bits per heavy atom. The van der Waals surface area contributed by atoms with Crippen molar-refractivity contribution >= 4 is 29.2 Å². The minimum Gasteiger partial charge on any atom is -0.479 e. The fourth-order valence-electron chi connectivity index (χ4n) is 4.58. The Bertz CT molecular complexity index is 1270. The lowest BCUT2D eigenvalue weighted by Gasteiger charge is -2.35. The molecule has 0 spiro atoms. The van der Waals surface area contributed by atoms with Crippen molar-refractivity contribution in [2.24, 2.45) is 0 Å². The standard InChI is InChI=1S/C26H28N6OS/c1-31(2)19-10-6-17(7-11-19)26(18-8-12-20(13-9-18)32(3)4)15-14-21-22(16-26)27-28-23(21)24-25(33-5)30-34-29-24/h6-15H,16H2,1-5H3,(H,27,28). The predicted molar refractivity (Wildman–Crippen MR) is 139 cm³/mol. The van der Waals surface area contributed by atoms with E-state index in [1.54, 1.807) is 7.11 Å². The summed E-state index contributed by atoms with van der Waals surface area (Å²) in [7, 11) is 9.85.